The molecule has 21 heavy (non-hydrogen) atoms. The molecule has 2 rings (SSSR count). The highest BCUT2D eigenvalue weighted by Crippen LogP contribution is 2.25. The molecule has 5 heteroatoms. The summed E-state index contributed by atoms with van der Waals surface area (Å²) in [6, 6.07) is 12.6. The molecule has 2 aromatic rings. The van der Waals surface area contributed by atoms with Gasteiger partial charge in [0.15, 0.2) is 0 Å². The molecule has 3 N–H and O–H groups in total. The second kappa shape index (κ2) is 6.63. The van der Waals surface area contributed by atoms with Gasteiger partial charge in [0, 0.05) is 21.3 Å². The Morgan fingerprint density at radius 3 is 2.67 bits per heavy atom. The van der Waals surface area contributed by atoms with E-state index >= 15 is 0 Å². The summed E-state index contributed by atoms with van der Waals surface area (Å²) >= 11 is 3.32. The van der Waals surface area contributed by atoms with Crippen molar-refractivity contribution in [3.8, 4) is 5.75 Å². The maximum atomic E-state index is 12.3. The minimum atomic E-state index is -0.162. The molecule has 0 aliphatic heterocycles. The smallest absolute Gasteiger partial charge is 0.251 e. The molecule has 4 nitrogen and oxygen atoms in total. The first-order valence-corrected chi connectivity index (χ1v) is 7.31. The summed E-state index contributed by atoms with van der Waals surface area (Å²) in [6.07, 6.45) is 0. The topological polar surface area (TPSA) is 64.3 Å². The van der Waals surface area contributed by atoms with Crippen molar-refractivity contribution in [1.82, 2.24) is 5.32 Å². The van der Waals surface area contributed by atoms with Gasteiger partial charge in [0.1, 0.15) is 5.75 Å². The number of carbonyl (C=O) groups excluding carboxylic acids is 1. The van der Waals surface area contributed by atoms with Gasteiger partial charge >= 0.3 is 0 Å². The number of methoxy groups -OCH3 is 1. The molecule has 1 atom stereocenters. The highest BCUT2D eigenvalue weighted by molar-refractivity contribution is 9.10. The Balaban J connectivity index is 2.16. The highest BCUT2D eigenvalue weighted by atomic mass is 79.9. The summed E-state index contributed by atoms with van der Waals surface area (Å²) in [7, 11) is 1.62. The van der Waals surface area contributed by atoms with Crippen molar-refractivity contribution in [2.45, 2.75) is 13.0 Å². The zero-order chi connectivity index (χ0) is 15.4. The van der Waals surface area contributed by atoms with Crippen molar-refractivity contribution in [2.75, 3.05) is 12.8 Å². The van der Waals surface area contributed by atoms with Crippen molar-refractivity contribution in [3.63, 3.8) is 0 Å². The fourth-order valence-corrected chi connectivity index (χ4v) is 2.43. The van der Waals surface area contributed by atoms with Gasteiger partial charge in [-0.05, 0) is 47.1 Å². The third kappa shape index (κ3) is 3.55. The van der Waals surface area contributed by atoms with Gasteiger partial charge in [-0.2, -0.15) is 0 Å². The number of para-hydroxylation sites is 1. The number of nitrogen functional groups attached to an aromatic ring is 1. The Hall–Kier alpha value is -2.01. The standard InChI is InChI=1S/C16H17BrN2O2/c1-10(12-5-3-4-6-15(12)21-2)19-16(20)11-7-8-14(18)13(17)9-11/h3-10H,18H2,1-2H3,(H,19,20). The van der Waals surface area contributed by atoms with E-state index in [4.69, 9.17) is 10.5 Å². The molecular formula is C16H17BrN2O2. The van der Waals surface area contributed by atoms with Crippen molar-refractivity contribution in [3.05, 3.63) is 58.1 Å². The molecule has 0 aliphatic rings. The van der Waals surface area contributed by atoms with Crippen molar-refractivity contribution < 1.29 is 9.53 Å². The Morgan fingerprint density at radius 1 is 1.29 bits per heavy atom. The van der Waals surface area contributed by atoms with Gasteiger partial charge < -0.3 is 15.8 Å². The van der Waals surface area contributed by atoms with Crippen LogP contribution in [0.25, 0.3) is 0 Å². The van der Waals surface area contributed by atoms with Gasteiger partial charge in [-0.3, -0.25) is 4.79 Å². The summed E-state index contributed by atoms with van der Waals surface area (Å²) in [5.41, 5.74) is 7.81. The van der Waals surface area contributed by atoms with E-state index in [2.05, 4.69) is 21.2 Å². The van der Waals surface area contributed by atoms with Crippen LogP contribution >= 0.6 is 15.9 Å². The molecule has 2 aromatic carbocycles. The van der Waals surface area contributed by atoms with Crippen molar-refractivity contribution in [2.24, 2.45) is 0 Å². The predicted molar refractivity (Wildman–Crippen MR) is 87.4 cm³/mol. The number of hydrogen-bond donors (Lipinski definition) is 2. The van der Waals surface area contributed by atoms with Gasteiger partial charge in [-0.25, -0.2) is 0 Å². The largest absolute Gasteiger partial charge is 0.496 e. The Morgan fingerprint density at radius 2 is 2.00 bits per heavy atom. The van der Waals surface area contributed by atoms with E-state index in [1.54, 1.807) is 25.3 Å². The monoisotopic (exact) mass is 348 g/mol. The van der Waals surface area contributed by atoms with Crippen LogP contribution in [0.2, 0.25) is 0 Å². The lowest BCUT2D eigenvalue weighted by molar-refractivity contribution is 0.0939. The zero-order valence-electron chi connectivity index (χ0n) is 11.9. The van der Waals surface area contributed by atoms with Crippen LogP contribution in [0, 0.1) is 0 Å². The van der Waals surface area contributed by atoms with E-state index in [0.29, 0.717) is 15.7 Å². The molecule has 0 heterocycles. The van der Waals surface area contributed by atoms with Gasteiger partial charge in [-0.15, -0.1) is 0 Å². The maximum Gasteiger partial charge on any atom is 0.251 e. The molecule has 110 valence electrons. The van der Waals surface area contributed by atoms with E-state index in [9.17, 15) is 4.79 Å². The number of carbonyl (C=O) groups is 1. The molecule has 0 radical (unpaired) electrons. The first kappa shape index (κ1) is 15.4. The average Bonchev–Trinajstić information content (AvgIpc) is 2.49. The van der Waals surface area contributed by atoms with E-state index < -0.39 is 0 Å². The SMILES string of the molecule is COc1ccccc1C(C)NC(=O)c1ccc(N)c(Br)c1. The van der Waals surface area contributed by atoms with Gasteiger partial charge in [0.05, 0.1) is 13.2 Å². The predicted octanol–water partition coefficient (Wildman–Crippen LogP) is 3.53. The fourth-order valence-electron chi connectivity index (χ4n) is 2.05. The van der Waals surface area contributed by atoms with Crippen LogP contribution in [0.5, 0.6) is 5.75 Å². The Labute approximate surface area is 132 Å². The van der Waals surface area contributed by atoms with Gasteiger partial charge in [0.25, 0.3) is 5.91 Å². The molecule has 0 saturated carbocycles. The molecule has 0 bridgehead atoms. The summed E-state index contributed by atoms with van der Waals surface area (Å²) in [5, 5.41) is 2.95. The lowest BCUT2D eigenvalue weighted by atomic mass is 10.1. The number of nitrogens with one attached hydrogen (secondary N) is 1. The summed E-state index contributed by atoms with van der Waals surface area (Å²) in [4.78, 5) is 12.3. The van der Waals surface area contributed by atoms with Gasteiger partial charge in [0.2, 0.25) is 0 Å². The molecule has 1 amide bonds. The van der Waals surface area contributed by atoms with Crippen LogP contribution in [0.4, 0.5) is 5.69 Å². The molecule has 0 saturated heterocycles. The third-order valence-corrected chi connectivity index (χ3v) is 3.90. The van der Waals surface area contributed by atoms with E-state index in [1.807, 2.05) is 31.2 Å². The lowest BCUT2D eigenvalue weighted by Gasteiger charge is -2.17. The van der Waals surface area contributed by atoms with Crippen LogP contribution in [0.15, 0.2) is 46.9 Å². The Kier molecular flexibility index (Phi) is 4.85. The number of halogens is 1. The van der Waals surface area contributed by atoms with Crippen LogP contribution < -0.4 is 15.8 Å². The number of anilines is 1. The molecule has 0 aliphatic carbocycles. The minimum Gasteiger partial charge on any atom is -0.496 e. The fraction of sp³-hybridized carbons (Fsp3) is 0.188. The molecule has 0 aromatic heterocycles. The second-order valence-electron chi connectivity index (χ2n) is 4.67. The normalized spacial score (nSPS) is 11.8. The number of amides is 1. The first-order chi connectivity index (χ1) is 10.0. The van der Waals surface area contributed by atoms with Crippen molar-refractivity contribution >= 4 is 27.5 Å². The lowest BCUT2D eigenvalue weighted by Crippen LogP contribution is -2.27. The quantitative estimate of drug-likeness (QED) is 0.830. The number of benzene rings is 2. The van der Waals surface area contributed by atoms with Crippen LogP contribution in [0.3, 0.4) is 0 Å². The molecule has 0 spiro atoms. The molecule has 1 unspecified atom stereocenters. The van der Waals surface area contributed by atoms with Crippen LogP contribution in [0.1, 0.15) is 28.9 Å². The highest BCUT2D eigenvalue weighted by Gasteiger charge is 2.15. The van der Waals surface area contributed by atoms with Crippen molar-refractivity contribution in [1.29, 1.82) is 0 Å². The number of hydrogen-bond acceptors (Lipinski definition) is 3. The van der Waals surface area contributed by atoms with Gasteiger partial charge in [-0.1, -0.05) is 18.2 Å². The summed E-state index contributed by atoms with van der Waals surface area (Å²) in [5.74, 6) is 0.595. The summed E-state index contributed by atoms with van der Waals surface area (Å²) < 4.78 is 6.02. The minimum absolute atomic E-state index is 0.158. The van der Waals surface area contributed by atoms with E-state index in [-0.39, 0.29) is 11.9 Å². The van der Waals surface area contributed by atoms with E-state index in [1.165, 1.54) is 0 Å². The van der Waals surface area contributed by atoms with E-state index in [0.717, 1.165) is 11.3 Å². The average molecular weight is 349 g/mol. The Bertz CT molecular complexity index is 658. The third-order valence-electron chi connectivity index (χ3n) is 3.22. The number of rotatable bonds is 4. The first-order valence-electron chi connectivity index (χ1n) is 6.51. The molecular weight excluding hydrogens is 332 g/mol. The second-order valence-corrected chi connectivity index (χ2v) is 5.53. The zero-order valence-corrected chi connectivity index (χ0v) is 13.5. The number of ether oxygens (including phenoxy) is 1. The van der Waals surface area contributed by atoms with Crippen LogP contribution in [-0.4, -0.2) is 13.0 Å². The summed E-state index contributed by atoms with van der Waals surface area (Å²) in [6.45, 7) is 1.92. The maximum absolute atomic E-state index is 12.3. The molecule has 0 fully saturated rings. The number of nitrogens with two attached hydrogens (primary N) is 1. The van der Waals surface area contributed by atoms with Crippen LogP contribution in [-0.2, 0) is 0 Å².